The molecule has 1 N–H and O–H groups in total. The van der Waals surface area contributed by atoms with Crippen molar-refractivity contribution in [2.24, 2.45) is 0 Å². The molecule has 0 aliphatic carbocycles. The van der Waals surface area contributed by atoms with E-state index in [1.807, 2.05) is 31.2 Å². The lowest BCUT2D eigenvalue weighted by molar-refractivity contribution is -0.129. The van der Waals surface area contributed by atoms with Crippen LogP contribution in [0.1, 0.15) is 28.4 Å². The normalized spacial score (nSPS) is 11.4. The summed E-state index contributed by atoms with van der Waals surface area (Å²) in [6.07, 6.45) is -0.926. The number of ether oxygens (including phenoxy) is 3. The number of aryl methyl sites for hydroxylation is 1. The Morgan fingerprint density at radius 1 is 1.04 bits per heavy atom. The Hall–Kier alpha value is -3.02. The van der Waals surface area contributed by atoms with Crippen LogP contribution in [0.4, 0.5) is 0 Å². The second kappa shape index (κ2) is 8.89. The Morgan fingerprint density at radius 2 is 1.73 bits per heavy atom. The summed E-state index contributed by atoms with van der Waals surface area (Å²) in [6.45, 7) is 3.69. The van der Waals surface area contributed by atoms with E-state index in [9.17, 15) is 9.59 Å². The van der Waals surface area contributed by atoms with E-state index in [0.717, 1.165) is 11.1 Å². The third kappa shape index (κ3) is 4.75. The Balaban J connectivity index is 1.95. The summed E-state index contributed by atoms with van der Waals surface area (Å²) in [4.78, 5) is 24.4. The van der Waals surface area contributed by atoms with Crippen molar-refractivity contribution >= 4 is 11.9 Å². The van der Waals surface area contributed by atoms with Crippen molar-refractivity contribution in [3.05, 3.63) is 59.2 Å². The second-order valence-corrected chi connectivity index (χ2v) is 5.76. The van der Waals surface area contributed by atoms with Crippen LogP contribution in [0.5, 0.6) is 11.5 Å². The first-order valence-corrected chi connectivity index (χ1v) is 8.21. The molecule has 0 radical (unpaired) electrons. The molecule has 0 saturated heterocycles. The standard InChI is InChI=1S/C20H23NO5/c1-13-9-10-15(11-18(13)25-4)20(23)26-14(2)19(22)21-12-16-7-5-6-8-17(16)24-3/h5-11,14H,12H2,1-4H3,(H,21,22)/t14-/m0/s1. The number of esters is 1. The Labute approximate surface area is 153 Å². The number of hydrogen-bond donors (Lipinski definition) is 1. The number of carbonyl (C=O) groups excluding carboxylic acids is 2. The summed E-state index contributed by atoms with van der Waals surface area (Å²) in [5.41, 5.74) is 2.08. The Morgan fingerprint density at radius 3 is 2.42 bits per heavy atom. The van der Waals surface area contributed by atoms with Crippen molar-refractivity contribution in [3.8, 4) is 11.5 Å². The molecule has 0 spiro atoms. The number of carbonyl (C=O) groups is 2. The molecule has 2 aromatic carbocycles. The van der Waals surface area contributed by atoms with Gasteiger partial charge >= 0.3 is 5.97 Å². The minimum Gasteiger partial charge on any atom is -0.496 e. The molecule has 0 heterocycles. The van der Waals surface area contributed by atoms with Crippen LogP contribution in [0.2, 0.25) is 0 Å². The van der Waals surface area contributed by atoms with Gasteiger partial charge in [-0.1, -0.05) is 24.3 Å². The molecule has 0 unspecified atom stereocenters. The van der Waals surface area contributed by atoms with Crippen LogP contribution in [0, 0.1) is 6.92 Å². The summed E-state index contributed by atoms with van der Waals surface area (Å²) in [6, 6.07) is 12.4. The zero-order chi connectivity index (χ0) is 19.1. The van der Waals surface area contributed by atoms with Crippen molar-refractivity contribution in [1.29, 1.82) is 0 Å². The van der Waals surface area contributed by atoms with Crippen molar-refractivity contribution in [3.63, 3.8) is 0 Å². The van der Waals surface area contributed by atoms with Crippen LogP contribution in [-0.2, 0) is 16.1 Å². The zero-order valence-corrected chi connectivity index (χ0v) is 15.4. The van der Waals surface area contributed by atoms with E-state index in [0.29, 0.717) is 17.1 Å². The van der Waals surface area contributed by atoms with Crippen LogP contribution in [0.15, 0.2) is 42.5 Å². The number of nitrogens with one attached hydrogen (secondary N) is 1. The molecule has 0 saturated carbocycles. The Kier molecular flexibility index (Phi) is 6.60. The molecule has 0 aliphatic rings. The van der Waals surface area contributed by atoms with Crippen LogP contribution in [0.25, 0.3) is 0 Å². The number of methoxy groups -OCH3 is 2. The molecule has 2 rings (SSSR count). The lowest BCUT2D eigenvalue weighted by atomic mass is 10.1. The van der Waals surface area contributed by atoms with Crippen molar-refractivity contribution in [2.45, 2.75) is 26.5 Å². The molecule has 26 heavy (non-hydrogen) atoms. The number of benzene rings is 2. The van der Waals surface area contributed by atoms with Gasteiger partial charge in [0.15, 0.2) is 6.10 Å². The minimum atomic E-state index is -0.926. The number of amides is 1. The first kappa shape index (κ1) is 19.3. The highest BCUT2D eigenvalue weighted by molar-refractivity contribution is 5.92. The maximum absolute atomic E-state index is 12.2. The fraction of sp³-hybridized carbons (Fsp3) is 0.300. The average Bonchev–Trinajstić information content (AvgIpc) is 2.66. The van der Waals surface area contributed by atoms with Crippen LogP contribution >= 0.6 is 0 Å². The highest BCUT2D eigenvalue weighted by Gasteiger charge is 2.19. The molecule has 0 aromatic heterocycles. The molecule has 0 bridgehead atoms. The van der Waals surface area contributed by atoms with Crippen molar-refractivity contribution in [2.75, 3.05) is 14.2 Å². The molecule has 0 aliphatic heterocycles. The summed E-state index contributed by atoms with van der Waals surface area (Å²) in [7, 11) is 3.10. The highest BCUT2D eigenvalue weighted by Crippen LogP contribution is 2.20. The summed E-state index contributed by atoms with van der Waals surface area (Å²) in [5.74, 6) is 0.309. The van der Waals surface area contributed by atoms with E-state index in [1.54, 1.807) is 25.3 Å². The van der Waals surface area contributed by atoms with Gasteiger partial charge in [-0.15, -0.1) is 0 Å². The smallest absolute Gasteiger partial charge is 0.339 e. The maximum atomic E-state index is 12.2. The number of hydrogen-bond acceptors (Lipinski definition) is 5. The average molecular weight is 357 g/mol. The molecule has 0 fully saturated rings. The third-order valence-corrected chi connectivity index (χ3v) is 3.94. The van der Waals surface area contributed by atoms with Crippen LogP contribution < -0.4 is 14.8 Å². The van der Waals surface area contributed by atoms with Crippen LogP contribution in [-0.4, -0.2) is 32.2 Å². The van der Waals surface area contributed by atoms with Gasteiger partial charge in [0, 0.05) is 12.1 Å². The van der Waals surface area contributed by atoms with Gasteiger partial charge in [0.25, 0.3) is 5.91 Å². The molecular formula is C20H23NO5. The molecule has 1 amide bonds. The van der Waals surface area contributed by atoms with E-state index in [4.69, 9.17) is 14.2 Å². The molecule has 138 valence electrons. The fourth-order valence-electron chi connectivity index (χ4n) is 2.40. The van der Waals surface area contributed by atoms with E-state index >= 15 is 0 Å². The minimum absolute atomic E-state index is 0.281. The van der Waals surface area contributed by atoms with Gasteiger partial charge in [0.05, 0.1) is 19.8 Å². The lowest BCUT2D eigenvalue weighted by Crippen LogP contribution is -2.35. The van der Waals surface area contributed by atoms with Gasteiger partial charge in [-0.25, -0.2) is 4.79 Å². The molecule has 6 nitrogen and oxygen atoms in total. The second-order valence-electron chi connectivity index (χ2n) is 5.76. The third-order valence-electron chi connectivity index (χ3n) is 3.94. The quantitative estimate of drug-likeness (QED) is 0.772. The van der Waals surface area contributed by atoms with Crippen molar-refractivity contribution < 1.29 is 23.8 Å². The maximum Gasteiger partial charge on any atom is 0.339 e. The predicted octanol–water partition coefficient (Wildman–Crippen LogP) is 2.87. The lowest BCUT2D eigenvalue weighted by Gasteiger charge is -2.15. The first-order valence-electron chi connectivity index (χ1n) is 8.21. The summed E-state index contributed by atoms with van der Waals surface area (Å²) in [5, 5.41) is 2.74. The van der Waals surface area contributed by atoms with Gasteiger partial charge in [-0.2, -0.15) is 0 Å². The zero-order valence-electron chi connectivity index (χ0n) is 15.4. The van der Waals surface area contributed by atoms with Gasteiger partial charge < -0.3 is 19.5 Å². The molecule has 2 aromatic rings. The van der Waals surface area contributed by atoms with E-state index in [1.165, 1.54) is 14.0 Å². The van der Waals surface area contributed by atoms with Crippen molar-refractivity contribution in [1.82, 2.24) is 5.32 Å². The summed E-state index contributed by atoms with van der Waals surface area (Å²) >= 11 is 0. The topological polar surface area (TPSA) is 73.9 Å². The fourth-order valence-corrected chi connectivity index (χ4v) is 2.40. The largest absolute Gasteiger partial charge is 0.496 e. The van der Waals surface area contributed by atoms with Gasteiger partial charge in [0.1, 0.15) is 11.5 Å². The van der Waals surface area contributed by atoms with E-state index in [2.05, 4.69) is 5.32 Å². The van der Waals surface area contributed by atoms with E-state index < -0.39 is 12.1 Å². The monoisotopic (exact) mass is 357 g/mol. The molecular weight excluding hydrogens is 334 g/mol. The molecule has 6 heteroatoms. The molecule has 1 atom stereocenters. The number of para-hydroxylation sites is 1. The van der Waals surface area contributed by atoms with Gasteiger partial charge in [0.2, 0.25) is 0 Å². The van der Waals surface area contributed by atoms with Crippen LogP contribution in [0.3, 0.4) is 0 Å². The highest BCUT2D eigenvalue weighted by atomic mass is 16.5. The first-order chi connectivity index (χ1) is 12.5. The predicted molar refractivity (Wildman–Crippen MR) is 97.4 cm³/mol. The van der Waals surface area contributed by atoms with Gasteiger partial charge in [-0.3, -0.25) is 4.79 Å². The number of rotatable bonds is 7. The Bertz CT molecular complexity index is 788. The summed E-state index contributed by atoms with van der Waals surface area (Å²) < 4.78 is 15.7. The van der Waals surface area contributed by atoms with E-state index in [-0.39, 0.29) is 12.5 Å². The SMILES string of the molecule is COc1cc(C(=O)O[C@@H](C)C(=O)NCc2ccccc2OC)ccc1C. The van der Waals surface area contributed by atoms with Gasteiger partial charge in [-0.05, 0) is 37.6 Å².